The topological polar surface area (TPSA) is 101 Å². The number of nitro groups is 1. The Bertz CT molecular complexity index is 642. The van der Waals surface area contributed by atoms with E-state index in [0.29, 0.717) is 0 Å². The van der Waals surface area contributed by atoms with Gasteiger partial charge in [-0.1, -0.05) is 23.2 Å². The molecule has 1 aliphatic heterocycles. The number of imide groups is 1. The molecule has 0 aliphatic carbocycles. The van der Waals surface area contributed by atoms with E-state index < -0.39 is 16.9 Å². The van der Waals surface area contributed by atoms with Crippen molar-refractivity contribution >= 4 is 46.9 Å². The summed E-state index contributed by atoms with van der Waals surface area (Å²) in [6.07, 6.45) is 1.15. The number of hydrogen-bond donors (Lipinski definition) is 2. The summed E-state index contributed by atoms with van der Waals surface area (Å²) in [5, 5.41) is 15.2. The van der Waals surface area contributed by atoms with Crippen molar-refractivity contribution in [1.29, 1.82) is 0 Å². The van der Waals surface area contributed by atoms with Gasteiger partial charge in [0.05, 0.1) is 20.5 Å². The van der Waals surface area contributed by atoms with Crippen molar-refractivity contribution in [2.45, 2.75) is 0 Å². The van der Waals surface area contributed by atoms with Crippen LogP contribution in [0.3, 0.4) is 0 Å². The smallest absolute Gasteiger partial charge is 0.303 e. The Kier molecular flexibility index (Phi) is 3.41. The van der Waals surface area contributed by atoms with Crippen LogP contribution in [-0.4, -0.2) is 16.9 Å². The van der Waals surface area contributed by atoms with Crippen LogP contribution in [-0.2, 0) is 4.79 Å². The fourth-order valence-electron chi connectivity index (χ4n) is 1.46. The number of nitrogens with one attached hydrogen (secondary N) is 2. The van der Waals surface area contributed by atoms with E-state index in [2.05, 4.69) is 5.32 Å². The van der Waals surface area contributed by atoms with Crippen molar-refractivity contribution < 1.29 is 14.5 Å². The molecule has 2 N–H and O–H groups in total. The molecular formula is C10H5Cl2N3O4. The SMILES string of the molecule is O=C1NC(=O)/C(=C\c2cc(Cl)c(Cl)cc2[N+](=O)[O-])N1. The highest BCUT2D eigenvalue weighted by atomic mass is 35.5. The lowest BCUT2D eigenvalue weighted by molar-refractivity contribution is -0.385. The molecule has 1 aromatic carbocycles. The van der Waals surface area contributed by atoms with Crippen molar-refractivity contribution in [3.8, 4) is 0 Å². The average molecular weight is 302 g/mol. The molecule has 0 radical (unpaired) electrons. The van der Waals surface area contributed by atoms with Crippen LogP contribution in [0.4, 0.5) is 10.5 Å². The number of carbonyl (C=O) groups excluding carboxylic acids is 2. The van der Waals surface area contributed by atoms with Crippen molar-refractivity contribution in [1.82, 2.24) is 10.6 Å². The van der Waals surface area contributed by atoms with E-state index >= 15 is 0 Å². The number of nitro benzene ring substituents is 1. The van der Waals surface area contributed by atoms with Crippen molar-refractivity contribution in [2.75, 3.05) is 0 Å². The minimum absolute atomic E-state index is 0.0235. The maximum atomic E-state index is 11.3. The summed E-state index contributed by atoms with van der Waals surface area (Å²) < 4.78 is 0. The van der Waals surface area contributed by atoms with Crippen molar-refractivity contribution in [2.24, 2.45) is 0 Å². The summed E-state index contributed by atoms with van der Waals surface area (Å²) in [7, 11) is 0. The highest BCUT2D eigenvalue weighted by Crippen LogP contribution is 2.31. The van der Waals surface area contributed by atoms with Crippen molar-refractivity contribution in [3.05, 3.63) is 43.6 Å². The quantitative estimate of drug-likeness (QED) is 0.378. The molecule has 1 saturated heterocycles. The molecule has 7 nitrogen and oxygen atoms in total. The van der Waals surface area contributed by atoms with Crippen LogP contribution < -0.4 is 10.6 Å². The molecule has 0 bridgehead atoms. The van der Waals surface area contributed by atoms with Gasteiger partial charge in [-0.3, -0.25) is 20.2 Å². The molecule has 19 heavy (non-hydrogen) atoms. The zero-order valence-corrected chi connectivity index (χ0v) is 10.6. The molecule has 0 atom stereocenters. The molecule has 98 valence electrons. The zero-order chi connectivity index (χ0) is 14.2. The maximum Gasteiger partial charge on any atom is 0.326 e. The molecule has 3 amide bonds. The molecule has 0 spiro atoms. The number of halogens is 2. The first-order valence-corrected chi connectivity index (χ1v) is 5.61. The van der Waals surface area contributed by atoms with Crippen LogP contribution >= 0.6 is 23.2 Å². The van der Waals surface area contributed by atoms with Crippen molar-refractivity contribution in [3.63, 3.8) is 0 Å². The third kappa shape index (κ3) is 2.67. The number of urea groups is 1. The van der Waals surface area contributed by atoms with Gasteiger partial charge in [0, 0.05) is 6.07 Å². The molecule has 0 aromatic heterocycles. The third-order valence-electron chi connectivity index (χ3n) is 2.29. The average Bonchev–Trinajstić information content (AvgIpc) is 2.62. The first-order valence-electron chi connectivity index (χ1n) is 4.86. The Morgan fingerprint density at radius 3 is 2.32 bits per heavy atom. The van der Waals surface area contributed by atoms with E-state index in [0.717, 1.165) is 12.1 Å². The summed E-state index contributed by atoms with van der Waals surface area (Å²) in [5.41, 5.74) is -0.367. The Morgan fingerprint density at radius 2 is 1.79 bits per heavy atom. The fraction of sp³-hybridized carbons (Fsp3) is 0. The molecule has 0 saturated carbocycles. The predicted molar refractivity (Wildman–Crippen MR) is 67.8 cm³/mol. The lowest BCUT2D eigenvalue weighted by Crippen LogP contribution is -2.22. The number of benzene rings is 1. The van der Waals surface area contributed by atoms with E-state index in [1.807, 2.05) is 5.32 Å². The minimum atomic E-state index is -0.695. The van der Waals surface area contributed by atoms with E-state index in [4.69, 9.17) is 23.2 Å². The zero-order valence-electron chi connectivity index (χ0n) is 9.07. The summed E-state index contributed by atoms with van der Waals surface area (Å²) in [6, 6.07) is 1.62. The maximum absolute atomic E-state index is 11.3. The van der Waals surface area contributed by atoms with Gasteiger partial charge in [-0.2, -0.15) is 0 Å². The van der Waals surface area contributed by atoms with Gasteiger partial charge in [0.25, 0.3) is 11.6 Å². The van der Waals surface area contributed by atoms with Crippen LogP contribution in [0.25, 0.3) is 6.08 Å². The van der Waals surface area contributed by atoms with E-state index in [1.165, 1.54) is 6.07 Å². The fourth-order valence-corrected chi connectivity index (χ4v) is 1.79. The molecule has 1 aromatic rings. The van der Waals surface area contributed by atoms with Gasteiger partial charge >= 0.3 is 6.03 Å². The van der Waals surface area contributed by atoms with E-state index in [-0.39, 0.29) is 27.0 Å². The number of nitrogens with zero attached hydrogens (tertiary/aromatic N) is 1. The lowest BCUT2D eigenvalue weighted by Gasteiger charge is -2.02. The summed E-state index contributed by atoms with van der Waals surface area (Å²) >= 11 is 11.5. The largest absolute Gasteiger partial charge is 0.326 e. The summed E-state index contributed by atoms with van der Waals surface area (Å²) in [4.78, 5) is 32.5. The first-order chi connectivity index (χ1) is 8.88. The van der Waals surface area contributed by atoms with Gasteiger partial charge in [0.1, 0.15) is 5.70 Å². The number of amides is 3. The molecule has 1 aliphatic rings. The second-order valence-corrected chi connectivity index (χ2v) is 4.36. The Labute approximate surface area is 116 Å². The molecule has 0 unspecified atom stereocenters. The highest BCUT2D eigenvalue weighted by molar-refractivity contribution is 6.42. The second-order valence-electron chi connectivity index (χ2n) is 3.55. The summed E-state index contributed by atoms with van der Waals surface area (Å²) in [5.74, 6) is -0.676. The first kappa shape index (κ1) is 13.3. The van der Waals surface area contributed by atoms with Gasteiger partial charge < -0.3 is 5.32 Å². The Hall–Kier alpha value is -2.12. The monoisotopic (exact) mass is 301 g/mol. The van der Waals surface area contributed by atoms with Gasteiger partial charge in [0.2, 0.25) is 0 Å². The van der Waals surface area contributed by atoms with Crippen LogP contribution in [0, 0.1) is 10.1 Å². The van der Waals surface area contributed by atoms with Gasteiger partial charge in [-0.15, -0.1) is 0 Å². The van der Waals surface area contributed by atoms with Crippen LogP contribution in [0.5, 0.6) is 0 Å². The van der Waals surface area contributed by atoms with E-state index in [1.54, 1.807) is 0 Å². The molecule has 1 heterocycles. The summed E-state index contributed by atoms with van der Waals surface area (Å²) in [6.45, 7) is 0. The van der Waals surface area contributed by atoms with Gasteiger partial charge in [-0.25, -0.2) is 4.79 Å². The Balaban J connectivity index is 2.53. The number of rotatable bonds is 2. The van der Waals surface area contributed by atoms with Gasteiger partial charge in [-0.05, 0) is 12.1 Å². The highest BCUT2D eigenvalue weighted by Gasteiger charge is 2.25. The Morgan fingerprint density at radius 1 is 1.16 bits per heavy atom. The van der Waals surface area contributed by atoms with Crippen LogP contribution in [0.1, 0.15) is 5.56 Å². The molecule has 9 heteroatoms. The second kappa shape index (κ2) is 4.87. The van der Waals surface area contributed by atoms with Gasteiger partial charge in [0.15, 0.2) is 0 Å². The van der Waals surface area contributed by atoms with E-state index in [9.17, 15) is 19.7 Å². The molecule has 2 rings (SSSR count). The number of hydrogen-bond acceptors (Lipinski definition) is 4. The predicted octanol–water partition coefficient (Wildman–Crippen LogP) is 2.08. The normalized spacial score (nSPS) is 16.4. The lowest BCUT2D eigenvalue weighted by atomic mass is 10.1. The standard InChI is InChI=1S/C10H5Cl2N3O4/c11-5-1-4(8(15(18)19)3-6(5)12)2-7-9(16)14-10(17)13-7/h1-3H,(H2,13,14,16,17)/b7-2+. The van der Waals surface area contributed by atoms with Crippen LogP contribution in [0.15, 0.2) is 17.8 Å². The molecular weight excluding hydrogens is 297 g/mol. The van der Waals surface area contributed by atoms with Crippen LogP contribution in [0.2, 0.25) is 10.0 Å². The number of carbonyl (C=O) groups is 2. The molecule has 1 fully saturated rings. The third-order valence-corrected chi connectivity index (χ3v) is 3.01. The minimum Gasteiger partial charge on any atom is -0.303 e.